The Morgan fingerprint density at radius 2 is 2.44 bits per heavy atom. The lowest BCUT2D eigenvalue weighted by Crippen LogP contribution is -2.15. The number of nitrogen functional groups attached to an aromatic ring is 1. The summed E-state index contributed by atoms with van der Waals surface area (Å²) < 4.78 is 0. The zero-order valence-electron chi connectivity index (χ0n) is 9.23. The Balaban J connectivity index is 2.11. The number of anilines is 2. The summed E-state index contributed by atoms with van der Waals surface area (Å²) >= 11 is 0. The third-order valence-electron chi connectivity index (χ3n) is 2.98. The van der Waals surface area contributed by atoms with E-state index in [1.807, 2.05) is 0 Å². The first kappa shape index (κ1) is 10.7. The van der Waals surface area contributed by atoms with Crippen LogP contribution in [0.3, 0.4) is 0 Å². The van der Waals surface area contributed by atoms with Gasteiger partial charge in [-0.1, -0.05) is 13.3 Å². The van der Waals surface area contributed by atoms with E-state index < -0.39 is 5.91 Å². The fourth-order valence-electron chi connectivity index (χ4n) is 1.82. The van der Waals surface area contributed by atoms with Crippen LogP contribution in [0.15, 0.2) is 12.3 Å². The monoisotopic (exact) mass is 220 g/mol. The van der Waals surface area contributed by atoms with Crippen LogP contribution in [-0.4, -0.2) is 16.9 Å². The highest BCUT2D eigenvalue weighted by Crippen LogP contribution is 2.35. The molecule has 0 bridgehead atoms. The normalized spacial score (nSPS) is 22.8. The molecular formula is C11H16N4O. The number of hydrogen-bond acceptors (Lipinski definition) is 4. The lowest BCUT2D eigenvalue weighted by atomic mass is 10.2. The molecule has 0 aliphatic heterocycles. The van der Waals surface area contributed by atoms with Crippen molar-refractivity contribution in [3.63, 3.8) is 0 Å². The standard InChI is InChI=1S/C11H16N4O/c1-2-6-3-9(6)15-10-4-7(11(13)16)8(12)5-14-10/h4-6,9H,2-3,12H2,1H3,(H2,13,16)(H,14,15). The highest BCUT2D eigenvalue weighted by atomic mass is 16.1. The van der Waals surface area contributed by atoms with Crippen molar-refractivity contribution in [2.24, 2.45) is 11.7 Å². The Morgan fingerprint density at radius 3 is 3.00 bits per heavy atom. The fourth-order valence-corrected chi connectivity index (χ4v) is 1.82. The van der Waals surface area contributed by atoms with Crippen molar-refractivity contribution in [3.05, 3.63) is 17.8 Å². The van der Waals surface area contributed by atoms with E-state index in [9.17, 15) is 4.79 Å². The second kappa shape index (κ2) is 4.00. The summed E-state index contributed by atoms with van der Waals surface area (Å²) in [6.45, 7) is 2.16. The summed E-state index contributed by atoms with van der Waals surface area (Å²) in [4.78, 5) is 15.2. The van der Waals surface area contributed by atoms with Crippen molar-refractivity contribution < 1.29 is 4.79 Å². The van der Waals surface area contributed by atoms with E-state index in [0.29, 0.717) is 23.1 Å². The summed E-state index contributed by atoms with van der Waals surface area (Å²) in [7, 11) is 0. The number of amides is 1. The smallest absolute Gasteiger partial charge is 0.250 e. The van der Waals surface area contributed by atoms with Crippen molar-refractivity contribution in [1.82, 2.24) is 4.98 Å². The Hall–Kier alpha value is -1.78. The number of hydrogen-bond donors (Lipinski definition) is 3. The molecule has 2 unspecified atom stereocenters. The van der Waals surface area contributed by atoms with E-state index in [-0.39, 0.29) is 0 Å². The van der Waals surface area contributed by atoms with Crippen LogP contribution in [0.4, 0.5) is 11.5 Å². The molecule has 0 aromatic carbocycles. The van der Waals surface area contributed by atoms with Gasteiger partial charge in [-0.05, 0) is 18.4 Å². The summed E-state index contributed by atoms with van der Waals surface area (Å²) in [5.74, 6) is 0.867. The van der Waals surface area contributed by atoms with Crippen LogP contribution in [0, 0.1) is 5.92 Å². The first-order chi connectivity index (χ1) is 7.61. The molecular weight excluding hydrogens is 204 g/mol. The zero-order chi connectivity index (χ0) is 11.7. The molecule has 1 aliphatic carbocycles. The highest BCUT2D eigenvalue weighted by Gasteiger charge is 2.35. The van der Waals surface area contributed by atoms with E-state index in [1.54, 1.807) is 6.07 Å². The van der Waals surface area contributed by atoms with Gasteiger partial charge in [0.15, 0.2) is 0 Å². The second-order valence-corrected chi connectivity index (χ2v) is 4.18. The highest BCUT2D eigenvalue weighted by molar-refractivity contribution is 5.98. The van der Waals surface area contributed by atoms with Crippen LogP contribution < -0.4 is 16.8 Å². The molecule has 1 aliphatic rings. The zero-order valence-corrected chi connectivity index (χ0v) is 9.23. The molecule has 2 atom stereocenters. The van der Waals surface area contributed by atoms with E-state index in [2.05, 4.69) is 17.2 Å². The maximum absolute atomic E-state index is 11.1. The average molecular weight is 220 g/mol. The summed E-state index contributed by atoms with van der Waals surface area (Å²) in [6.07, 6.45) is 3.79. The molecule has 86 valence electrons. The fraction of sp³-hybridized carbons (Fsp3) is 0.455. The molecule has 16 heavy (non-hydrogen) atoms. The number of primary amides is 1. The number of carbonyl (C=O) groups is 1. The van der Waals surface area contributed by atoms with Gasteiger partial charge in [0.05, 0.1) is 17.4 Å². The van der Waals surface area contributed by atoms with Crippen LogP contribution in [0.2, 0.25) is 0 Å². The minimum absolute atomic E-state index is 0.320. The third kappa shape index (κ3) is 2.08. The van der Waals surface area contributed by atoms with E-state index in [4.69, 9.17) is 11.5 Å². The molecule has 0 spiro atoms. The first-order valence-corrected chi connectivity index (χ1v) is 5.43. The van der Waals surface area contributed by atoms with Crippen LogP contribution in [-0.2, 0) is 0 Å². The Kier molecular flexibility index (Phi) is 2.68. The summed E-state index contributed by atoms with van der Waals surface area (Å²) in [5.41, 5.74) is 11.5. The molecule has 2 rings (SSSR count). The molecule has 5 nitrogen and oxygen atoms in total. The summed E-state index contributed by atoms with van der Waals surface area (Å²) in [5, 5.41) is 3.26. The third-order valence-corrected chi connectivity index (χ3v) is 2.98. The molecule has 1 heterocycles. The minimum atomic E-state index is -0.522. The van der Waals surface area contributed by atoms with Crippen molar-refractivity contribution in [3.8, 4) is 0 Å². The number of rotatable bonds is 4. The van der Waals surface area contributed by atoms with E-state index >= 15 is 0 Å². The molecule has 1 aromatic heterocycles. The Morgan fingerprint density at radius 1 is 1.69 bits per heavy atom. The molecule has 1 aromatic rings. The summed E-state index contributed by atoms with van der Waals surface area (Å²) in [6, 6.07) is 2.09. The second-order valence-electron chi connectivity index (χ2n) is 4.18. The maximum atomic E-state index is 11.1. The van der Waals surface area contributed by atoms with Gasteiger partial charge in [0.2, 0.25) is 0 Å². The number of pyridine rings is 1. The van der Waals surface area contributed by atoms with Gasteiger partial charge >= 0.3 is 0 Å². The SMILES string of the molecule is CCC1CC1Nc1cc(C(N)=O)c(N)cn1. The van der Waals surface area contributed by atoms with E-state index in [1.165, 1.54) is 6.20 Å². The number of nitrogens with two attached hydrogens (primary N) is 2. The van der Waals surface area contributed by atoms with Gasteiger partial charge in [0.1, 0.15) is 5.82 Å². The Labute approximate surface area is 94.2 Å². The van der Waals surface area contributed by atoms with Crippen LogP contribution in [0.5, 0.6) is 0 Å². The maximum Gasteiger partial charge on any atom is 0.250 e. The molecule has 5 N–H and O–H groups in total. The van der Waals surface area contributed by atoms with Gasteiger partial charge < -0.3 is 16.8 Å². The van der Waals surface area contributed by atoms with Gasteiger partial charge in [0, 0.05) is 6.04 Å². The van der Waals surface area contributed by atoms with Crippen LogP contribution in [0.1, 0.15) is 30.1 Å². The van der Waals surface area contributed by atoms with Crippen LogP contribution >= 0.6 is 0 Å². The molecule has 5 heteroatoms. The quantitative estimate of drug-likeness (QED) is 0.704. The van der Waals surface area contributed by atoms with Crippen molar-refractivity contribution in [2.75, 3.05) is 11.1 Å². The van der Waals surface area contributed by atoms with Gasteiger partial charge in [-0.3, -0.25) is 4.79 Å². The topological polar surface area (TPSA) is 94.0 Å². The van der Waals surface area contributed by atoms with Crippen molar-refractivity contribution in [1.29, 1.82) is 0 Å². The van der Waals surface area contributed by atoms with Crippen molar-refractivity contribution in [2.45, 2.75) is 25.8 Å². The minimum Gasteiger partial charge on any atom is -0.397 e. The molecule has 0 radical (unpaired) electrons. The predicted octanol–water partition coefficient (Wildman–Crippen LogP) is 0.973. The van der Waals surface area contributed by atoms with Crippen LogP contribution in [0.25, 0.3) is 0 Å². The van der Waals surface area contributed by atoms with Gasteiger partial charge in [-0.25, -0.2) is 4.98 Å². The average Bonchev–Trinajstić information content (AvgIpc) is 2.99. The van der Waals surface area contributed by atoms with Crippen molar-refractivity contribution >= 4 is 17.4 Å². The van der Waals surface area contributed by atoms with Gasteiger partial charge in [0.25, 0.3) is 5.91 Å². The Bertz CT molecular complexity index is 418. The van der Waals surface area contributed by atoms with Gasteiger partial charge in [-0.15, -0.1) is 0 Å². The lowest BCUT2D eigenvalue weighted by molar-refractivity contribution is 0.100. The lowest BCUT2D eigenvalue weighted by Gasteiger charge is -2.07. The number of nitrogens with one attached hydrogen (secondary N) is 1. The molecule has 0 saturated heterocycles. The first-order valence-electron chi connectivity index (χ1n) is 5.43. The number of aromatic nitrogens is 1. The molecule has 1 saturated carbocycles. The number of nitrogens with zero attached hydrogens (tertiary/aromatic N) is 1. The predicted molar refractivity (Wildman–Crippen MR) is 63.0 cm³/mol. The number of carbonyl (C=O) groups excluding carboxylic acids is 1. The van der Waals surface area contributed by atoms with E-state index in [0.717, 1.165) is 18.8 Å². The van der Waals surface area contributed by atoms with Gasteiger partial charge in [-0.2, -0.15) is 0 Å². The largest absolute Gasteiger partial charge is 0.397 e. The molecule has 1 fully saturated rings. The molecule has 1 amide bonds.